The number of aromatic nitrogens is 2. The second-order valence-electron chi connectivity index (χ2n) is 8.89. The lowest BCUT2D eigenvalue weighted by molar-refractivity contribution is -0.141. The summed E-state index contributed by atoms with van der Waals surface area (Å²) in [6.07, 6.45) is -1.35. The van der Waals surface area contributed by atoms with Crippen molar-refractivity contribution in [1.29, 1.82) is 0 Å². The van der Waals surface area contributed by atoms with Gasteiger partial charge in [-0.05, 0) is 36.8 Å². The summed E-state index contributed by atoms with van der Waals surface area (Å²) in [4.78, 5) is 22.8. The molecule has 4 heterocycles. The van der Waals surface area contributed by atoms with E-state index in [1.54, 1.807) is 13.2 Å². The summed E-state index contributed by atoms with van der Waals surface area (Å²) < 4.78 is 50.4. The Bertz CT molecular complexity index is 1300. The molecule has 2 aliphatic rings. The highest BCUT2D eigenvalue weighted by Gasteiger charge is 2.35. The molecule has 1 aromatic carbocycles. The van der Waals surface area contributed by atoms with Gasteiger partial charge in [0.2, 0.25) is 0 Å². The minimum absolute atomic E-state index is 0.0243. The van der Waals surface area contributed by atoms with Crippen LogP contribution >= 0.6 is 0 Å². The van der Waals surface area contributed by atoms with Crippen LogP contribution in [0, 0.1) is 6.92 Å². The predicted octanol–water partition coefficient (Wildman–Crippen LogP) is 5.02. The number of halogens is 3. The van der Waals surface area contributed by atoms with Crippen molar-refractivity contribution < 1.29 is 27.4 Å². The Hall–Kier alpha value is -3.50. The van der Waals surface area contributed by atoms with Gasteiger partial charge in [0.1, 0.15) is 5.69 Å². The molecule has 7 nitrogen and oxygen atoms in total. The molecule has 5 rings (SSSR count). The highest BCUT2D eigenvalue weighted by Crippen LogP contribution is 2.42. The number of morpholine rings is 1. The topological polar surface area (TPSA) is 76.6 Å². The third-order valence-electron chi connectivity index (χ3n) is 6.65. The average molecular weight is 499 g/mol. The van der Waals surface area contributed by atoms with Gasteiger partial charge in [-0.15, -0.1) is 0 Å². The van der Waals surface area contributed by atoms with Crippen molar-refractivity contribution in [2.75, 3.05) is 37.1 Å². The normalized spacial score (nSPS) is 19.4. The Morgan fingerprint density at radius 1 is 1.19 bits per heavy atom. The van der Waals surface area contributed by atoms with Crippen LogP contribution in [-0.2, 0) is 15.7 Å². The number of ether oxygens (including phenoxy) is 2. The molecule has 1 saturated heterocycles. The number of methoxy groups -OCH3 is 1. The summed E-state index contributed by atoms with van der Waals surface area (Å²) in [5.74, 6) is -0.677. The van der Waals surface area contributed by atoms with Gasteiger partial charge in [0.25, 0.3) is 5.91 Å². The average Bonchev–Trinajstić information content (AvgIpc) is 2.88. The van der Waals surface area contributed by atoms with E-state index in [1.165, 1.54) is 12.3 Å². The quantitative estimate of drug-likeness (QED) is 0.545. The molecule has 2 aliphatic heterocycles. The van der Waals surface area contributed by atoms with Gasteiger partial charge >= 0.3 is 6.18 Å². The maximum atomic E-state index is 13.0. The molecule has 2 atom stereocenters. The van der Waals surface area contributed by atoms with Crippen LogP contribution < -0.4 is 10.2 Å². The summed E-state index contributed by atoms with van der Waals surface area (Å²) in [5.41, 5.74) is 3.80. The Morgan fingerprint density at radius 2 is 2.03 bits per heavy atom. The summed E-state index contributed by atoms with van der Waals surface area (Å²) in [6, 6.07) is 10.1. The minimum Gasteiger partial charge on any atom is -0.377 e. The fourth-order valence-corrected chi connectivity index (χ4v) is 4.82. The fourth-order valence-electron chi connectivity index (χ4n) is 4.82. The molecular weight excluding hydrogens is 473 g/mol. The molecule has 1 fully saturated rings. The van der Waals surface area contributed by atoms with Crippen molar-refractivity contribution in [2.45, 2.75) is 31.7 Å². The van der Waals surface area contributed by atoms with Crippen LogP contribution in [0.1, 0.15) is 39.8 Å². The number of nitrogens with zero attached hydrogens (tertiary/aromatic N) is 3. The first-order chi connectivity index (χ1) is 17.2. The Morgan fingerprint density at radius 3 is 2.81 bits per heavy atom. The molecule has 0 aliphatic carbocycles. The van der Waals surface area contributed by atoms with Crippen molar-refractivity contribution >= 4 is 17.3 Å². The zero-order valence-corrected chi connectivity index (χ0v) is 19.8. The lowest BCUT2D eigenvalue weighted by atomic mass is 9.90. The molecule has 3 aromatic rings. The number of aryl methyl sites for hydroxylation is 1. The number of nitrogens with one attached hydrogen (secondary N) is 1. The van der Waals surface area contributed by atoms with Crippen LogP contribution in [0.5, 0.6) is 0 Å². The molecule has 2 aromatic heterocycles. The van der Waals surface area contributed by atoms with E-state index in [2.05, 4.69) is 32.3 Å². The van der Waals surface area contributed by atoms with E-state index in [0.29, 0.717) is 18.9 Å². The smallest absolute Gasteiger partial charge is 0.377 e. The van der Waals surface area contributed by atoms with E-state index in [-0.39, 0.29) is 17.7 Å². The maximum absolute atomic E-state index is 13.0. The van der Waals surface area contributed by atoms with Gasteiger partial charge in [-0.2, -0.15) is 13.2 Å². The number of hydrogen-bond acceptors (Lipinski definition) is 6. The standard InChI is InChI=1S/C26H25F3N4O3/c1-15-21(11-18(13-31-15)32-25(34)17-5-6-30-24(10-17)26(27,28)29)16-3-4-20-22(9-16)33-7-8-36-14-19(33)12-23(20)35-2/h3-6,9-11,13,19,23H,7-8,12,14H2,1-2H3,(H,32,34). The van der Waals surface area contributed by atoms with Crippen LogP contribution in [0.2, 0.25) is 0 Å². The third-order valence-corrected chi connectivity index (χ3v) is 6.65. The van der Waals surface area contributed by atoms with Gasteiger partial charge in [0.05, 0.1) is 37.2 Å². The van der Waals surface area contributed by atoms with Crippen LogP contribution in [0.4, 0.5) is 24.5 Å². The minimum atomic E-state index is -4.64. The molecule has 1 N–H and O–H groups in total. The number of carbonyl (C=O) groups is 1. The number of amides is 1. The molecule has 0 spiro atoms. The molecule has 36 heavy (non-hydrogen) atoms. The first-order valence-corrected chi connectivity index (χ1v) is 11.6. The maximum Gasteiger partial charge on any atom is 0.433 e. The SMILES string of the molecule is COC1CC2COCCN2c2cc(-c3cc(NC(=O)c4ccnc(C(F)(F)F)c4)cnc3C)ccc21. The number of rotatable bonds is 4. The number of anilines is 2. The third kappa shape index (κ3) is 4.66. The number of fused-ring (bicyclic) bond motifs is 3. The summed E-state index contributed by atoms with van der Waals surface area (Å²) in [5, 5.41) is 2.65. The van der Waals surface area contributed by atoms with E-state index in [1.807, 2.05) is 13.0 Å². The molecule has 2 unspecified atom stereocenters. The molecule has 0 radical (unpaired) electrons. The van der Waals surface area contributed by atoms with Gasteiger partial charge in [-0.1, -0.05) is 12.1 Å². The number of carbonyl (C=O) groups excluding carboxylic acids is 1. The molecule has 0 saturated carbocycles. The Balaban J connectivity index is 1.45. The number of alkyl halides is 3. The van der Waals surface area contributed by atoms with E-state index >= 15 is 0 Å². The van der Waals surface area contributed by atoms with Crippen molar-refractivity contribution in [3.8, 4) is 11.1 Å². The number of benzene rings is 1. The zero-order valence-electron chi connectivity index (χ0n) is 19.8. The molecule has 10 heteroatoms. The van der Waals surface area contributed by atoms with Crippen LogP contribution in [0.25, 0.3) is 11.1 Å². The largest absolute Gasteiger partial charge is 0.433 e. The van der Waals surface area contributed by atoms with Gasteiger partial charge in [-0.25, -0.2) is 0 Å². The van der Waals surface area contributed by atoms with Crippen LogP contribution in [-0.4, -0.2) is 48.8 Å². The number of pyridine rings is 2. The van der Waals surface area contributed by atoms with Crippen molar-refractivity contribution in [2.24, 2.45) is 0 Å². The molecule has 0 bridgehead atoms. The Labute approximate surface area is 206 Å². The van der Waals surface area contributed by atoms with Gasteiger partial charge in [-0.3, -0.25) is 14.8 Å². The van der Waals surface area contributed by atoms with E-state index < -0.39 is 17.8 Å². The highest BCUT2D eigenvalue weighted by atomic mass is 19.4. The van der Waals surface area contributed by atoms with E-state index in [9.17, 15) is 18.0 Å². The lowest BCUT2D eigenvalue weighted by Crippen LogP contribution is -2.49. The van der Waals surface area contributed by atoms with Gasteiger partial charge in [0.15, 0.2) is 0 Å². The second kappa shape index (κ2) is 9.51. The summed E-state index contributed by atoms with van der Waals surface area (Å²) >= 11 is 0. The van der Waals surface area contributed by atoms with Crippen molar-refractivity contribution in [3.63, 3.8) is 0 Å². The predicted molar refractivity (Wildman–Crippen MR) is 128 cm³/mol. The van der Waals surface area contributed by atoms with Gasteiger partial charge in [0, 0.05) is 54.3 Å². The van der Waals surface area contributed by atoms with Crippen molar-refractivity contribution in [1.82, 2.24) is 9.97 Å². The van der Waals surface area contributed by atoms with Crippen molar-refractivity contribution in [3.05, 3.63) is 71.3 Å². The first kappa shape index (κ1) is 24.2. The highest BCUT2D eigenvalue weighted by molar-refractivity contribution is 6.04. The zero-order chi connectivity index (χ0) is 25.4. The van der Waals surface area contributed by atoms with Gasteiger partial charge < -0.3 is 19.7 Å². The van der Waals surface area contributed by atoms with Crippen LogP contribution in [0.3, 0.4) is 0 Å². The first-order valence-electron chi connectivity index (χ1n) is 11.6. The summed E-state index contributed by atoms with van der Waals surface area (Å²) in [7, 11) is 1.71. The number of hydrogen-bond donors (Lipinski definition) is 1. The fraction of sp³-hybridized carbons (Fsp3) is 0.346. The molecule has 1 amide bonds. The lowest BCUT2D eigenvalue weighted by Gasteiger charge is -2.44. The van der Waals surface area contributed by atoms with E-state index in [4.69, 9.17) is 9.47 Å². The van der Waals surface area contributed by atoms with Crippen LogP contribution in [0.15, 0.2) is 48.8 Å². The monoisotopic (exact) mass is 498 g/mol. The van der Waals surface area contributed by atoms with E-state index in [0.717, 1.165) is 53.3 Å². The molecule has 188 valence electrons. The summed E-state index contributed by atoms with van der Waals surface area (Å²) in [6.45, 7) is 3.97. The Kier molecular flexibility index (Phi) is 6.40. The second-order valence-corrected chi connectivity index (χ2v) is 8.89. The molecular formula is C26H25F3N4O3.